The monoisotopic (exact) mass is 814 g/mol. The maximum absolute atomic E-state index is 2.42. The van der Waals surface area contributed by atoms with Gasteiger partial charge in [-0.05, 0) is 121 Å². The van der Waals surface area contributed by atoms with Crippen molar-refractivity contribution < 1.29 is 0 Å². The van der Waals surface area contributed by atoms with Crippen molar-refractivity contribution in [1.29, 1.82) is 0 Å². The summed E-state index contributed by atoms with van der Waals surface area (Å²) in [7, 11) is 0. The van der Waals surface area contributed by atoms with Gasteiger partial charge in [-0.1, -0.05) is 194 Å². The minimum Gasteiger partial charge on any atom is -0.310 e. The largest absolute Gasteiger partial charge is 0.310 e. The van der Waals surface area contributed by atoms with Gasteiger partial charge in [0, 0.05) is 33.4 Å². The smallest absolute Gasteiger partial charge is 0.0541 e. The minimum absolute atomic E-state index is 1.09. The Labute approximate surface area is 373 Å². The van der Waals surface area contributed by atoms with E-state index in [1.54, 1.807) is 0 Å². The van der Waals surface area contributed by atoms with Gasteiger partial charge in [0.1, 0.15) is 0 Å². The molecule has 300 valence electrons. The van der Waals surface area contributed by atoms with Gasteiger partial charge in [0.2, 0.25) is 0 Å². The Hall–Kier alpha value is -8.46. The second-order valence-electron chi connectivity index (χ2n) is 16.5. The fraction of sp³-hybridized carbons (Fsp3) is 0. The Bertz CT molecular complexity index is 3600. The average molecular weight is 815 g/mol. The second kappa shape index (κ2) is 15.8. The summed E-state index contributed by atoms with van der Waals surface area (Å²) in [4.78, 5) is 2.37. The van der Waals surface area contributed by atoms with Crippen molar-refractivity contribution in [3.05, 3.63) is 255 Å². The van der Waals surface area contributed by atoms with E-state index in [0.717, 1.165) is 28.3 Å². The number of benzene rings is 11. The van der Waals surface area contributed by atoms with Crippen molar-refractivity contribution >= 4 is 60.4 Å². The third-order valence-corrected chi connectivity index (χ3v) is 12.8. The standard InChI is InChI=1S/C62H42N2/c1-2-15-43(16-3-1)47-18-14-19-52(42-47)63(50-36-31-44(32-37-50)48-35-40-55-49(41-48)30-29-45-17-4-5-20-53(45)55)51-38-33-46(34-39-51)54-21-6-7-22-56(54)57-23-8-11-26-60(57)64-61-27-12-9-24-58(61)59-25-10-13-28-62(59)64/h1-42H. The van der Waals surface area contributed by atoms with E-state index in [-0.39, 0.29) is 0 Å². The van der Waals surface area contributed by atoms with E-state index in [1.165, 1.54) is 82.3 Å². The fourth-order valence-corrected chi connectivity index (χ4v) is 9.74. The van der Waals surface area contributed by atoms with E-state index in [2.05, 4.69) is 264 Å². The molecule has 12 aromatic rings. The Balaban J connectivity index is 0.939. The second-order valence-corrected chi connectivity index (χ2v) is 16.5. The Kier molecular flexibility index (Phi) is 9.20. The van der Waals surface area contributed by atoms with Gasteiger partial charge >= 0.3 is 0 Å². The van der Waals surface area contributed by atoms with Gasteiger partial charge < -0.3 is 9.47 Å². The highest BCUT2D eigenvalue weighted by Gasteiger charge is 2.19. The predicted molar refractivity (Wildman–Crippen MR) is 272 cm³/mol. The van der Waals surface area contributed by atoms with E-state index >= 15 is 0 Å². The molecule has 0 unspecified atom stereocenters. The highest BCUT2D eigenvalue weighted by atomic mass is 15.1. The molecule has 0 atom stereocenters. The number of hydrogen-bond donors (Lipinski definition) is 0. The van der Waals surface area contributed by atoms with Crippen LogP contribution in [0.1, 0.15) is 0 Å². The highest BCUT2D eigenvalue weighted by Crippen LogP contribution is 2.42. The number of fused-ring (bicyclic) bond motifs is 6. The predicted octanol–water partition coefficient (Wildman–Crippen LogP) is 17.2. The molecular weight excluding hydrogens is 773 g/mol. The van der Waals surface area contributed by atoms with Crippen molar-refractivity contribution in [2.24, 2.45) is 0 Å². The lowest BCUT2D eigenvalue weighted by Crippen LogP contribution is -2.10. The summed E-state index contributed by atoms with van der Waals surface area (Å²) in [6, 6.07) is 92.6. The van der Waals surface area contributed by atoms with Gasteiger partial charge in [-0.15, -0.1) is 0 Å². The average Bonchev–Trinajstić information content (AvgIpc) is 3.71. The normalized spacial score (nSPS) is 11.4. The molecule has 0 aliphatic carbocycles. The molecule has 0 spiro atoms. The first-order valence-corrected chi connectivity index (χ1v) is 22.0. The van der Waals surface area contributed by atoms with Crippen LogP contribution in [0, 0.1) is 0 Å². The van der Waals surface area contributed by atoms with Crippen LogP contribution < -0.4 is 4.90 Å². The lowest BCUT2D eigenvalue weighted by atomic mass is 9.93. The number of hydrogen-bond acceptors (Lipinski definition) is 1. The minimum atomic E-state index is 1.09. The van der Waals surface area contributed by atoms with E-state index in [4.69, 9.17) is 0 Å². The Morgan fingerprint density at radius 3 is 1.48 bits per heavy atom. The molecule has 2 heteroatoms. The molecule has 0 bridgehead atoms. The van der Waals surface area contributed by atoms with Crippen molar-refractivity contribution in [2.45, 2.75) is 0 Å². The molecule has 2 nitrogen and oxygen atoms in total. The summed E-state index contributed by atoms with van der Waals surface area (Å²) in [5, 5.41) is 7.59. The summed E-state index contributed by atoms with van der Waals surface area (Å²) in [5.74, 6) is 0. The maximum atomic E-state index is 2.42. The molecule has 0 fully saturated rings. The van der Waals surface area contributed by atoms with Gasteiger partial charge in [-0.2, -0.15) is 0 Å². The van der Waals surface area contributed by atoms with E-state index in [0.29, 0.717) is 0 Å². The van der Waals surface area contributed by atoms with Crippen LogP contribution >= 0.6 is 0 Å². The highest BCUT2D eigenvalue weighted by molar-refractivity contribution is 6.10. The molecule has 11 aromatic carbocycles. The van der Waals surface area contributed by atoms with Crippen LogP contribution in [-0.4, -0.2) is 4.57 Å². The first-order chi connectivity index (χ1) is 31.7. The fourth-order valence-electron chi connectivity index (χ4n) is 9.74. The molecular formula is C62H42N2. The van der Waals surface area contributed by atoms with Gasteiger partial charge in [0.25, 0.3) is 0 Å². The topological polar surface area (TPSA) is 8.17 Å². The van der Waals surface area contributed by atoms with Crippen LogP contribution in [0.5, 0.6) is 0 Å². The summed E-state index contributed by atoms with van der Waals surface area (Å²) in [6.45, 7) is 0. The summed E-state index contributed by atoms with van der Waals surface area (Å²) < 4.78 is 2.42. The molecule has 0 amide bonds. The number of para-hydroxylation sites is 3. The van der Waals surface area contributed by atoms with Gasteiger partial charge in [-0.3, -0.25) is 0 Å². The lowest BCUT2D eigenvalue weighted by molar-refractivity contribution is 1.18. The maximum Gasteiger partial charge on any atom is 0.0541 e. The number of rotatable bonds is 8. The lowest BCUT2D eigenvalue weighted by Gasteiger charge is -2.26. The SMILES string of the molecule is c1ccc(-c2cccc(N(c3ccc(-c4ccc5c(ccc6ccccc65)c4)cc3)c3ccc(-c4ccccc4-c4ccccc4-n4c5ccccc5c5ccccc54)cc3)c2)cc1. The van der Waals surface area contributed by atoms with Crippen LogP contribution in [0.3, 0.4) is 0 Å². The summed E-state index contributed by atoms with van der Waals surface area (Å²) in [6.07, 6.45) is 0. The van der Waals surface area contributed by atoms with Gasteiger partial charge in [-0.25, -0.2) is 0 Å². The number of anilines is 3. The molecule has 0 radical (unpaired) electrons. The van der Waals surface area contributed by atoms with Gasteiger partial charge in [0.05, 0.1) is 16.7 Å². The molecule has 1 aromatic heterocycles. The molecule has 0 saturated carbocycles. The Morgan fingerprint density at radius 1 is 0.250 bits per heavy atom. The molecule has 0 aliphatic heterocycles. The number of nitrogens with zero attached hydrogens (tertiary/aromatic N) is 2. The van der Waals surface area contributed by atoms with Crippen LogP contribution in [0.25, 0.3) is 93.5 Å². The van der Waals surface area contributed by atoms with Crippen molar-refractivity contribution in [2.75, 3.05) is 4.90 Å². The molecule has 0 saturated heterocycles. The molecule has 64 heavy (non-hydrogen) atoms. The van der Waals surface area contributed by atoms with Crippen LogP contribution in [0.15, 0.2) is 255 Å². The first-order valence-electron chi connectivity index (χ1n) is 22.0. The summed E-state index contributed by atoms with van der Waals surface area (Å²) in [5.41, 5.74) is 16.3. The molecule has 1 heterocycles. The van der Waals surface area contributed by atoms with E-state index in [9.17, 15) is 0 Å². The van der Waals surface area contributed by atoms with Crippen LogP contribution in [0.4, 0.5) is 17.1 Å². The number of aromatic nitrogens is 1. The zero-order valence-corrected chi connectivity index (χ0v) is 35.1. The molecule has 0 N–H and O–H groups in total. The van der Waals surface area contributed by atoms with Crippen molar-refractivity contribution in [3.63, 3.8) is 0 Å². The molecule has 12 rings (SSSR count). The van der Waals surface area contributed by atoms with Gasteiger partial charge in [0.15, 0.2) is 0 Å². The third kappa shape index (κ3) is 6.52. The molecule has 0 aliphatic rings. The van der Waals surface area contributed by atoms with Crippen molar-refractivity contribution in [3.8, 4) is 50.2 Å². The quantitative estimate of drug-likeness (QED) is 0.139. The first kappa shape index (κ1) is 37.3. The summed E-state index contributed by atoms with van der Waals surface area (Å²) >= 11 is 0. The van der Waals surface area contributed by atoms with Crippen LogP contribution in [-0.2, 0) is 0 Å². The van der Waals surface area contributed by atoms with E-state index < -0.39 is 0 Å². The van der Waals surface area contributed by atoms with Crippen LogP contribution in [0.2, 0.25) is 0 Å². The van der Waals surface area contributed by atoms with Crippen molar-refractivity contribution in [1.82, 2.24) is 4.57 Å². The Morgan fingerprint density at radius 2 is 0.750 bits per heavy atom. The van der Waals surface area contributed by atoms with E-state index in [1.807, 2.05) is 0 Å². The zero-order chi connectivity index (χ0) is 42.4. The zero-order valence-electron chi connectivity index (χ0n) is 35.1. The third-order valence-electron chi connectivity index (χ3n) is 12.8.